The van der Waals surface area contributed by atoms with Gasteiger partial charge in [-0.2, -0.15) is 5.26 Å². The highest BCUT2D eigenvalue weighted by atomic mass is 16.5. The summed E-state index contributed by atoms with van der Waals surface area (Å²) in [6.45, 7) is 5.60. The molecule has 3 aromatic rings. The van der Waals surface area contributed by atoms with E-state index in [2.05, 4.69) is 27.9 Å². The molecule has 0 saturated carbocycles. The monoisotopic (exact) mass is 485 g/mol. The normalized spacial score (nSPS) is 18.6. The van der Waals surface area contributed by atoms with Crippen molar-refractivity contribution in [3.8, 4) is 23.1 Å². The highest BCUT2D eigenvalue weighted by Gasteiger charge is 2.34. The number of aliphatic hydroxyl groups excluding tert-OH is 1. The highest BCUT2D eigenvalue weighted by molar-refractivity contribution is 5.98. The third kappa shape index (κ3) is 5.70. The maximum absolute atomic E-state index is 13.6. The van der Waals surface area contributed by atoms with Gasteiger partial charge in [-0.1, -0.05) is 19.1 Å². The van der Waals surface area contributed by atoms with E-state index in [-0.39, 0.29) is 30.6 Å². The van der Waals surface area contributed by atoms with E-state index in [1.807, 2.05) is 38.2 Å². The molecule has 1 amide bonds. The molecule has 186 valence electrons. The number of nitrogens with zero attached hydrogens (tertiary/aromatic N) is 5. The van der Waals surface area contributed by atoms with Crippen LogP contribution in [0.4, 0.5) is 0 Å². The molecular formula is C28H31N5O3. The fraction of sp³-hybridized carbons (Fsp3) is 0.357. The Hall–Kier alpha value is -3.80. The van der Waals surface area contributed by atoms with Gasteiger partial charge in [0, 0.05) is 49.7 Å². The molecule has 4 rings (SSSR count). The first kappa shape index (κ1) is 25.3. The molecule has 0 aliphatic carbocycles. The topological polar surface area (TPSA) is 103 Å². The Kier molecular flexibility index (Phi) is 7.93. The van der Waals surface area contributed by atoms with Gasteiger partial charge in [0.15, 0.2) is 0 Å². The van der Waals surface area contributed by atoms with Gasteiger partial charge in [-0.25, -0.2) is 4.98 Å². The van der Waals surface area contributed by atoms with Crippen LogP contribution in [0.15, 0.2) is 61.1 Å². The Bertz CT molecular complexity index is 1230. The van der Waals surface area contributed by atoms with Gasteiger partial charge in [0.25, 0.3) is 5.91 Å². The lowest BCUT2D eigenvalue weighted by molar-refractivity contribution is 0.0325. The van der Waals surface area contributed by atoms with E-state index >= 15 is 0 Å². The van der Waals surface area contributed by atoms with Gasteiger partial charge in [-0.05, 0) is 55.4 Å². The van der Waals surface area contributed by atoms with E-state index in [4.69, 9.17) is 10.00 Å². The van der Waals surface area contributed by atoms with E-state index in [1.165, 1.54) is 0 Å². The van der Waals surface area contributed by atoms with Gasteiger partial charge in [0.05, 0.1) is 24.3 Å². The van der Waals surface area contributed by atoms with Gasteiger partial charge in [0.2, 0.25) is 5.88 Å². The van der Waals surface area contributed by atoms with Crippen molar-refractivity contribution in [2.75, 3.05) is 26.7 Å². The number of pyridine rings is 2. The maximum Gasteiger partial charge on any atom is 0.259 e. The third-order valence-electron chi connectivity index (χ3n) is 6.56. The molecule has 3 heterocycles. The average molecular weight is 486 g/mol. The lowest BCUT2D eigenvalue weighted by Crippen LogP contribution is -2.49. The summed E-state index contributed by atoms with van der Waals surface area (Å²) in [5, 5.41) is 19.0. The molecule has 1 N–H and O–H groups in total. The molecule has 1 aromatic carbocycles. The van der Waals surface area contributed by atoms with Gasteiger partial charge in [-0.3, -0.25) is 14.7 Å². The standard InChI is InChI=1S/C28H31N5O3/c1-19-15-33(20(2)18-34)28(35)25-12-24(23-6-4-21(13-29)5-7-23)14-31-27(25)36-26(19)17-32(3)16-22-8-10-30-11-9-22/h4-12,14,19-20,26,34H,15-18H2,1-3H3/t19-,20-,26+/m0/s1. The van der Waals surface area contributed by atoms with Crippen molar-refractivity contribution in [2.45, 2.75) is 32.5 Å². The van der Waals surface area contributed by atoms with Crippen LogP contribution in [0.25, 0.3) is 11.1 Å². The first-order valence-electron chi connectivity index (χ1n) is 12.1. The Labute approximate surface area is 211 Å². The lowest BCUT2D eigenvalue weighted by Gasteiger charge is -2.37. The van der Waals surface area contributed by atoms with Crippen LogP contribution < -0.4 is 4.74 Å². The summed E-state index contributed by atoms with van der Waals surface area (Å²) >= 11 is 0. The quantitative estimate of drug-likeness (QED) is 0.547. The van der Waals surface area contributed by atoms with Crippen LogP contribution in [0.5, 0.6) is 5.88 Å². The van der Waals surface area contributed by atoms with E-state index in [9.17, 15) is 9.90 Å². The van der Waals surface area contributed by atoms with Crippen LogP contribution in [0.3, 0.4) is 0 Å². The number of amides is 1. The van der Waals surface area contributed by atoms with E-state index in [0.717, 1.165) is 23.2 Å². The zero-order chi connectivity index (χ0) is 25.7. The number of hydrogen-bond acceptors (Lipinski definition) is 7. The second-order valence-corrected chi connectivity index (χ2v) is 9.44. The van der Waals surface area contributed by atoms with Crippen LogP contribution >= 0.6 is 0 Å². The van der Waals surface area contributed by atoms with Crippen molar-refractivity contribution in [1.82, 2.24) is 19.8 Å². The molecule has 0 saturated heterocycles. The molecule has 3 atom stereocenters. The number of benzene rings is 1. The summed E-state index contributed by atoms with van der Waals surface area (Å²) in [5.74, 6) is 0.0855. The Morgan fingerprint density at radius 1 is 1.22 bits per heavy atom. The smallest absolute Gasteiger partial charge is 0.259 e. The number of carbonyl (C=O) groups excluding carboxylic acids is 1. The number of likely N-dealkylation sites (N-methyl/N-ethyl adjacent to an activating group) is 1. The van der Waals surface area contributed by atoms with Crippen LogP contribution in [-0.4, -0.2) is 69.7 Å². The summed E-state index contributed by atoms with van der Waals surface area (Å²) in [6.07, 6.45) is 5.04. The minimum Gasteiger partial charge on any atom is -0.472 e. The SMILES string of the molecule is C[C@H]1CN([C@@H](C)CO)C(=O)c2cc(-c3ccc(C#N)cc3)cnc2O[C@@H]1CN(C)Cc1ccncc1. The number of carbonyl (C=O) groups is 1. The molecule has 0 bridgehead atoms. The lowest BCUT2D eigenvalue weighted by atomic mass is 9.99. The molecule has 0 spiro atoms. The van der Waals surface area contributed by atoms with E-state index in [1.54, 1.807) is 41.7 Å². The number of hydrogen-bond donors (Lipinski definition) is 1. The Morgan fingerprint density at radius 2 is 1.94 bits per heavy atom. The summed E-state index contributed by atoms with van der Waals surface area (Å²) < 4.78 is 6.40. The minimum atomic E-state index is -0.348. The van der Waals surface area contributed by atoms with Crippen LogP contribution in [0.2, 0.25) is 0 Å². The van der Waals surface area contributed by atoms with Gasteiger partial charge < -0.3 is 14.7 Å². The molecule has 1 aliphatic rings. The molecule has 8 heteroatoms. The molecule has 0 unspecified atom stereocenters. The average Bonchev–Trinajstić information content (AvgIpc) is 2.90. The Balaban J connectivity index is 1.66. The van der Waals surface area contributed by atoms with Crippen LogP contribution in [-0.2, 0) is 6.54 Å². The van der Waals surface area contributed by atoms with Crippen molar-refractivity contribution < 1.29 is 14.6 Å². The second-order valence-electron chi connectivity index (χ2n) is 9.44. The maximum atomic E-state index is 13.6. The summed E-state index contributed by atoms with van der Waals surface area (Å²) in [6, 6.07) is 14.7. The number of rotatable bonds is 7. The summed E-state index contributed by atoms with van der Waals surface area (Å²) in [5.41, 5.74) is 3.69. The molecule has 8 nitrogen and oxygen atoms in total. The highest BCUT2D eigenvalue weighted by Crippen LogP contribution is 2.30. The number of aliphatic hydroxyl groups is 1. The second kappa shape index (κ2) is 11.3. The van der Waals surface area contributed by atoms with Crippen LogP contribution in [0.1, 0.15) is 35.3 Å². The molecular weight excluding hydrogens is 454 g/mol. The number of nitriles is 1. The van der Waals surface area contributed by atoms with Gasteiger partial charge >= 0.3 is 0 Å². The van der Waals surface area contributed by atoms with E-state index in [0.29, 0.717) is 30.1 Å². The number of aromatic nitrogens is 2. The predicted molar refractivity (Wildman–Crippen MR) is 136 cm³/mol. The fourth-order valence-corrected chi connectivity index (χ4v) is 4.39. The van der Waals surface area contributed by atoms with Crippen molar-refractivity contribution in [3.05, 3.63) is 77.7 Å². The van der Waals surface area contributed by atoms with Crippen molar-refractivity contribution in [1.29, 1.82) is 5.26 Å². The summed E-state index contributed by atoms with van der Waals surface area (Å²) in [4.78, 5) is 26.2. The van der Waals surface area contributed by atoms with Crippen molar-refractivity contribution in [2.24, 2.45) is 5.92 Å². The zero-order valence-electron chi connectivity index (χ0n) is 20.8. The Morgan fingerprint density at radius 3 is 2.61 bits per heavy atom. The van der Waals surface area contributed by atoms with E-state index < -0.39 is 0 Å². The first-order valence-corrected chi connectivity index (χ1v) is 12.1. The zero-order valence-corrected chi connectivity index (χ0v) is 20.8. The minimum absolute atomic E-state index is 0.0102. The largest absolute Gasteiger partial charge is 0.472 e. The molecule has 0 radical (unpaired) electrons. The molecule has 36 heavy (non-hydrogen) atoms. The number of fused-ring (bicyclic) bond motifs is 1. The molecule has 0 fully saturated rings. The number of ether oxygens (including phenoxy) is 1. The molecule has 1 aliphatic heterocycles. The van der Waals surface area contributed by atoms with Gasteiger partial charge in [-0.15, -0.1) is 0 Å². The summed E-state index contributed by atoms with van der Waals surface area (Å²) in [7, 11) is 2.04. The van der Waals surface area contributed by atoms with Crippen LogP contribution in [0, 0.1) is 17.2 Å². The van der Waals surface area contributed by atoms with Gasteiger partial charge in [0.1, 0.15) is 11.7 Å². The van der Waals surface area contributed by atoms with Crippen molar-refractivity contribution >= 4 is 5.91 Å². The first-order chi connectivity index (χ1) is 17.4. The molecule has 2 aromatic heterocycles. The predicted octanol–water partition coefficient (Wildman–Crippen LogP) is 3.37. The fourth-order valence-electron chi connectivity index (χ4n) is 4.39. The van der Waals surface area contributed by atoms with Crippen molar-refractivity contribution in [3.63, 3.8) is 0 Å². The third-order valence-corrected chi connectivity index (χ3v) is 6.56.